The van der Waals surface area contributed by atoms with Crippen LogP contribution in [0.15, 0.2) is 12.2 Å². The molecule has 92 valence electrons. The van der Waals surface area contributed by atoms with Crippen molar-refractivity contribution < 1.29 is 10.2 Å². The van der Waals surface area contributed by atoms with Gasteiger partial charge in [-0.25, -0.2) is 0 Å². The van der Waals surface area contributed by atoms with E-state index in [2.05, 4.69) is 12.2 Å². The Hall–Kier alpha value is -1.42. The smallest absolute Gasteiger partial charge is 0.198 e. The van der Waals surface area contributed by atoms with Gasteiger partial charge in [-0.2, -0.15) is 0 Å². The quantitative estimate of drug-likeness (QED) is 0.781. The number of fused-ring (bicyclic) bond motifs is 5. The molecule has 4 nitrogen and oxygen atoms in total. The second-order valence-electron chi connectivity index (χ2n) is 5.26. The SMILES string of the molecule is CN(C)CCn1c(O)c2c(c1O)[C@H]1C=C[C@@H]2C1. The van der Waals surface area contributed by atoms with Crippen LogP contribution >= 0.6 is 0 Å². The molecule has 2 aliphatic carbocycles. The highest BCUT2D eigenvalue weighted by Gasteiger charge is 2.40. The predicted octanol–water partition coefficient (Wildman–Crippen LogP) is 1.60. The van der Waals surface area contributed by atoms with Crippen LogP contribution in [0.3, 0.4) is 0 Å². The number of hydrogen-bond acceptors (Lipinski definition) is 3. The van der Waals surface area contributed by atoms with E-state index < -0.39 is 0 Å². The Balaban J connectivity index is 1.98. The zero-order valence-corrected chi connectivity index (χ0v) is 10.2. The predicted molar refractivity (Wildman–Crippen MR) is 65.6 cm³/mol. The Morgan fingerprint density at radius 3 is 2.18 bits per heavy atom. The molecule has 0 unspecified atom stereocenters. The summed E-state index contributed by atoms with van der Waals surface area (Å²) in [7, 11) is 3.97. The van der Waals surface area contributed by atoms with E-state index in [4.69, 9.17) is 0 Å². The van der Waals surface area contributed by atoms with E-state index in [0.29, 0.717) is 18.4 Å². The summed E-state index contributed by atoms with van der Waals surface area (Å²) in [5.41, 5.74) is 1.91. The standard InChI is InChI=1S/C13H18N2O2/c1-14(2)5-6-15-12(16)10-8-3-4-9(7-8)11(10)13(15)17/h3-4,8-9,16-17H,5-7H2,1-2H3/t8-,9+. The zero-order chi connectivity index (χ0) is 12.2. The van der Waals surface area contributed by atoms with Crippen LogP contribution in [-0.2, 0) is 6.54 Å². The summed E-state index contributed by atoms with van der Waals surface area (Å²) in [6.07, 6.45) is 5.30. The van der Waals surface area contributed by atoms with Crippen LogP contribution in [0.1, 0.15) is 29.4 Å². The molecule has 0 saturated heterocycles. The van der Waals surface area contributed by atoms with Gasteiger partial charge >= 0.3 is 0 Å². The summed E-state index contributed by atoms with van der Waals surface area (Å²) in [6, 6.07) is 0. The van der Waals surface area contributed by atoms with Gasteiger partial charge in [0.25, 0.3) is 0 Å². The molecule has 1 heterocycles. The van der Waals surface area contributed by atoms with Crippen molar-refractivity contribution >= 4 is 0 Å². The summed E-state index contributed by atoms with van der Waals surface area (Å²) in [4.78, 5) is 2.04. The van der Waals surface area contributed by atoms with E-state index >= 15 is 0 Å². The van der Waals surface area contributed by atoms with Gasteiger partial charge in [0.2, 0.25) is 0 Å². The lowest BCUT2D eigenvalue weighted by Crippen LogP contribution is -2.18. The van der Waals surface area contributed by atoms with Gasteiger partial charge < -0.3 is 15.1 Å². The second kappa shape index (κ2) is 3.53. The van der Waals surface area contributed by atoms with Crippen LogP contribution in [0.4, 0.5) is 0 Å². The molecule has 0 aromatic carbocycles. The maximum Gasteiger partial charge on any atom is 0.198 e. The number of allylic oxidation sites excluding steroid dienone is 2. The van der Waals surface area contributed by atoms with Crippen molar-refractivity contribution in [3.05, 3.63) is 23.3 Å². The fraction of sp³-hybridized carbons (Fsp3) is 0.538. The molecule has 2 N–H and O–H groups in total. The lowest BCUT2D eigenvalue weighted by atomic mass is 10.0. The number of likely N-dealkylation sites (N-methyl/N-ethyl adjacent to an activating group) is 1. The molecule has 2 aliphatic rings. The van der Waals surface area contributed by atoms with Crippen LogP contribution < -0.4 is 0 Å². The minimum atomic E-state index is 0.260. The van der Waals surface area contributed by atoms with Crippen LogP contribution in [-0.4, -0.2) is 40.3 Å². The number of aromatic nitrogens is 1. The van der Waals surface area contributed by atoms with Gasteiger partial charge in [-0.15, -0.1) is 0 Å². The van der Waals surface area contributed by atoms with E-state index in [1.165, 1.54) is 0 Å². The third kappa shape index (κ3) is 1.40. The van der Waals surface area contributed by atoms with Crippen molar-refractivity contribution in [2.24, 2.45) is 0 Å². The Labute approximate surface area is 101 Å². The van der Waals surface area contributed by atoms with Crippen molar-refractivity contribution in [2.45, 2.75) is 24.8 Å². The van der Waals surface area contributed by atoms with E-state index in [-0.39, 0.29) is 11.8 Å². The lowest BCUT2D eigenvalue weighted by molar-refractivity contribution is 0.324. The van der Waals surface area contributed by atoms with Crippen molar-refractivity contribution in [3.8, 4) is 11.8 Å². The molecule has 0 radical (unpaired) electrons. The number of hydrogen-bond donors (Lipinski definition) is 2. The minimum Gasteiger partial charge on any atom is -0.494 e. The third-order valence-corrected chi connectivity index (χ3v) is 3.88. The molecule has 1 aromatic rings. The Morgan fingerprint density at radius 1 is 1.18 bits per heavy atom. The summed E-state index contributed by atoms with van der Waals surface area (Å²) in [6.45, 7) is 1.43. The highest BCUT2D eigenvalue weighted by Crippen LogP contribution is 2.56. The molecule has 0 fully saturated rings. The van der Waals surface area contributed by atoms with E-state index in [1.807, 2.05) is 19.0 Å². The first-order valence-electron chi connectivity index (χ1n) is 6.07. The largest absolute Gasteiger partial charge is 0.494 e. The average molecular weight is 234 g/mol. The Morgan fingerprint density at radius 2 is 1.71 bits per heavy atom. The Bertz CT molecular complexity index is 453. The van der Waals surface area contributed by atoms with E-state index in [9.17, 15) is 10.2 Å². The second-order valence-corrected chi connectivity index (χ2v) is 5.26. The first-order valence-corrected chi connectivity index (χ1v) is 6.07. The molecule has 0 aliphatic heterocycles. The summed E-state index contributed by atoms with van der Waals surface area (Å²) in [5.74, 6) is 1.13. The molecule has 0 spiro atoms. The maximum atomic E-state index is 10.2. The first-order chi connectivity index (χ1) is 8.09. The molecule has 1 aromatic heterocycles. The van der Waals surface area contributed by atoms with Crippen LogP contribution in [0.2, 0.25) is 0 Å². The fourth-order valence-electron chi connectivity index (χ4n) is 3.00. The topological polar surface area (TPSA) is 48.6 Å². The molecular weight excluding hydrogens is 216 g/mol. The number of aromatic hydroxyl groups is 2. The maximum absolute atomic E-state index is 10.2. The zero-order valence-electron chi connectivity index (χ0n) is 10.2. The monoisotopic (exact) mass is 234 g/mol. The normalized spacial score (nSPS) is 24.9. The van der Waals surface area contributed by atoms with Gasteiger partial charge in [0.05, 0.1) is 0 Å². The lowest BCUT2D eigenvalue weighted by Gasteiger charge is -2.13. The van der Waals surface area contributed by atoms with Crippen molar-refractivity contribution in [1.82, 2.24) is 9.47 Å². The summed E-state index contributed by atoms with van der Waals surface area (Å²) < 4.78 is 1.64. The van der Waals surface area contributed by atoms with E-state index in [1.54, 1.807) is 4.57 Å². The van der Waals surface area contributed by atoms with Crippen LogP contribution in [0.5, 0.6) is 11.8 Å². The number of nitrogens with zero attached hydrogens (tertiary/aromatic N) is 2. The van der Waals surface area contributed by atoms with Gasteiger partial charge in [-0.1, -0.05) is 12.2 Å². The fourth-order valence-corrected chi connectivity index (χ4v) is 3.00. The molecule has 0 amide bonds. The highest BCUT2D eigenvalue weighted by molar-refractivity contribution is 5.58. The summed E-state index contributed by atoms with van der Waals surface area (Å²) >= 11 is 0. The van der Waals surface area contributed by atoms with Gasteiger partial charge in [0.1, 0.15) is 0 Å². The minimum absolute atomic E-state index is 0.260. The average Bonchev–Trinajstić information content (AvgIpc) is 2.92. The van der Waals surface area contributed by atoms with Gasteiger partial charge in [-0.05, 0) is 20.5 Å². The van der Waals surface area contributed by atoms with Gasteiger partial charge in [0.15, 0.2) is 11.8 Å². The Kier molecular flexibility index (Phi) is 2.23. The molecule has 2 bridgehead atoms. The van der Waals surface area contributed by atoms with Crippen molar-refractivity contribution in [2.75, 3.05) is 20.6 Å². The van der Waals surface area contributed by atoms with E-state index in [0.717, 1.165) is 24.1 Å². The first kappa shape index (κ1) is 10.7. The summed E-state index contributed by atoms with van der Waals surface area (Å²) in [5, 5.41) is 20.4. The molecule has 4 heteroatoms. The van der Waals surface area contributed by atoms with Gasteiger partial charge in [-0.3, -0.25) is 4.57 Å². The van der Waals surface area contributed by atoms with Crippen molar-refractivity contribution in [1.29, 1.82) is 0 Å². The van der Waals surface area contributed by atoms with Crippen molar-refractivity contribution in [3.63, 3.8) is 0 Å². The molecule has 3 rings (SSSR count). The highest BCUT2D eigenvalue weighted by atomic mass is 16.3. The molecule has 0 saturated carbocycles. The van der Waals surface area contributed by atoms with Crippen LogP contribution in [0, 0.1) is 0 Å². The third-order valence-electron chi connectivity index (χ3n) is 3.88. The molecular formula is C13H18N2O2. The van der Waals surface area contributed by atoms with Crippen LogP contribution in [0.25, 0.3) is 0 Å². The molecule has 17 heavy (non-hydrogen) atoms. The van der Waals surface area contributed by atoms with Gasteiger partial charge in [0, 0.05) is 36.1 Å². The number of rotatable bonds is 3. The molecule has 2 atom stereocenters.